The molecule has 2 N–H and O–H groups in total. The fourth-order valence-corrected chi connectivity index (χ4v) is 3.51. The normalized spacial score (nSPS) is 10.1. The van der Waals surface area contributed by atoms with Gasteiger partial charge in [0.25, 0.3) is 0 Å². The number of benzene rings is 1. The van der Waals surface area contributed by atoms with E-state index >= 15 is 0 Å². The molecule has 0 amide bonds. The largest absolute Gasteiger partial charge is 0.465 e. The van der Waals surface area contributed by atoms with Crippen LogP contribution in [0.5, 0.6) is 0 Å². The van der Waals surface area contributed by atoms with E-state index in [2.05, 4.69) is 10.6 Å². The molecule has 0 bridgehead atoms. The van der Waals surface area contributed by atoms with Gasteiger partial charge in [-0.3, -0.25) is 4.79 Å². The molecular weight excluding hydrogens is 372 g/mol. The van der Waals surface area contributed by atoms with E-state index in [-0.39, 0.29) is 11.7 Å². The summed E-state index contributed by atoms with van der Waals surface area (Å²) < 4.78 is 9.67. The highest BCUT2D eigenvalue weighted by molar-refractivity contribution is 7.80. The first-order chi connectivity index (χ1) is 12.5. The van der Waals surface area contributed by atoms with Crippen LogP contribution in [-0.2, 0) is 20.7 Å². The first kappa shape index (κ1) is 19.9. The minimum atomic E-state index is -0.448. The monoisotopic (exact) mass is 392 g/mol. The Hall–Kier alpha value is -2.45. The van der Waals surface area contributed by atoms with Crippen molar-refractivity contribution < 1.29 is 19.1 Å². The predicted molar refractivity (Wildman–Crippen MR) is 106 cm³/mol. The van der Waals surface area contributed by atoms with Crippen molar-refractivity contribution in [1.82, 2.24) is 5.32 Å². The fourth-order valence-electron chi connectivity index (χ4n) is 2.19. The quantitative estimate of drug-likeness (QED) is 0.554. The summed E-state index contributed by atoms with van der Waals surface area (Å²) in [6.45, 7) is 1.99. The summed E-state index contributed by atoms with van der Waals surface area (Å²) in [6.07, 6.45) is 0.695. The third-order valence-electron chi connectivity index (χ3n) is 3.34. The van der Waals surface area contributed by atoms with Crippen LogP contribution in [0.1, 0.15) is 27.7 Å². The zero-order chi connectivity index (χ0) is 18.9. The van der Waals surface area contributed by atoms with Gasteiger partial charge in [-0.25, -0.2) is 4.79 Å². The summed E-state index contributed by atoms with van der Waals surface area (Å²) in [7, 11) is 1.33. The molecule has 26 heavy (non-hydrogen) atoms. The number of esters is 2. The van der Waals surface area contributed by atoms with Crippen molar-refractivity contribution in [2.24, 2.45) is 0 Å². The molecule has 0 spiro atoms. The van der Waals surface area contributed by atoms with E-state index in [1.165, 1.54) is 18.4 Å². The lowest BCUT2D eigenvalue weighted by Gasteiger charge is -2.09. The van der Waals surface area contributed by atoms with Gasteiger partial charge in [0, 0.05) is 11.3 Å². The minimum Gasteiger partial charge on any atom is -0.465 e. The SMILES string of the molecule is CCOC(=O)CNC(=S)Nc1sc(Cc2ccccc2)cc1C(=O)OC. The number of rotatable bonds is 7. The molecule has 2 rings (SSSR count). The maximum absolute atomic E-state index is 12.0. The van der Waals surface area contributed by atoms with Gasteiger partial charge in [-0.05, 0) is 30.8 Å². The van der Waals surface area contributed by atoms with Crippen LogP contribution in [0.15, 0.2) is 36.4 Å². The van der Waals surface area contributed by atoms with Crippen LogP contribution < -0.4 is 10.6 Å². The highest BCUT2D eigenvalue weighted by atomic mass is 32.1. The van der Waals surface area contributed by atoms with Gasteiger partial charge in [-0.1, -0.05) is 30.3 Å². The molecule has 1 aromatic carbocycles. The van der Waals surface area contributed by atoms with Crippen molar-refractivity contribution in [3.05, 3.63) is 52.4 Å². The van der Waals surface area contributed by atoms with Crippen LogP contribution in [-0.4, -0.2) is 37.3 Å². The van der Waals surface area contributed by atoms with Crippen molar-refractivity contribution in [2.75, 3.05) is 25.6 Å². The summed E-state index contributed by atoms with van der Waals surface area (Å²) in [5.41, 5.74) is 1.54. The van der Waals surface area contributed by atoms with Gasteiger partial charge in [-0.15, -0.1) is 11.3 Å². The van der Waals surface area contributed by atoms with Gasteiger partial charge < -0.3 is 20.1 Å². The Bertz CT molecular complexity index is 775. The highest BCUT2D eigenvalue weighted by Gasteiger charge is 2.18. The van der Waals surface area contributed by atoms with Crippen LogP contribution in [0.4, 0.5) is 5.00 Å². The summed E-state index contributed by atoms with van der Waals surface area (Å²) in [5, 5.41) is 6.52. The molecule has 2 aromatic rings. The Kier molecular flexibility index (Phi) is 7.55. The zero-order valence-corrected chi connectivity index (χ0v) is 16.2. The molecule has 6 nitrogen and oxygen atoms in total. The summed E-state index contributed by atoms with van der Waals surface area (Å²) in [5.74, 6) is -0.850. The molecule has 8 heteroatoms. The molecule has 0 radical (unpaired) electrons. The lowest BCUT2D eigenvalue weighted by molar-refractivity contribution is -0.141. The van der Waals surface area contributed by atoms with Crippen LogP contribution >= 0.6 is 23.6 Å². The molecule has 0 unspecified atom stereocenters. The number of methoxy groups -OCH3 is 1. The Morgan fingerprint density at radius 2 is 1.96 bits per heavy atom. The maximum Gasteiger partial charge on any atom is 0.340 e. The molecule has 0 aliphatic heterocycles. The smallest absolute Gasteiger partial charge is 0.340 e. The molecule has 0 aliphatic carbocycles. The average molecular weight is 393 g/mol. The summed E-state index contributed by atoms with van der Waals surface area (Å²) in [6, 6.07) is 11.7. The lowest BCUT2D eigenvalue weighted by Crippen LogP contribution is -2.34. The van der Waals surface area contributed by atoms with Gasteiger partial charge in [0.1, 0.15) is 11.5 Å². The fraction of sp³-hybridized carbons (Fsp3) is 0.278. The van der Waals surface area contributed by atoms with E-state index in [0.29, 0.717) is 23.6 Å². The van der Waals surface area contributed by atoms with Gasteiger partial charge in [-0.2, -0.15) is 0 Å². The van der Waals surface area contributed by atoms with Crippen LogP contribution in [0.2, 0.25) is 0 Å². The molecule has 1 aromatic heterocycles. The number of thiocarbonyl (C=S) groups is 1. The number of nitrogens with one attached hydrogen (secondary N) is 2. The zero-order valence-electron chi connectivity index (χ0n) is 14.5. The third-order valence-corrected chi connectivity index (χ3v) is 4.63. The van der Waals surface area contributed by atoms with Crippen LogP contribution in [0.3, 0.4) is 0 Å². The van der Waals surface area contributed by atoms with E-state index in [9.17, 15) is 9.59 Å². The van der Waals surface area contributed by atoms with Gasteiger partial charge in [0.05, 0.1) is 19.3 Å². The molecule has 1 heterocycles. The first-order valence-corrected chi connectivity index (χ1v) is 9.21. The number of anilines is 1. The topological polar surface area (TPSA) is 76.7 Å². The molecule has 0 saturated heterocycles. The van der Waals surface area contributed by atoms with E-state index in [0.717, 1.165) is 10.4 Å². The first-order valence-electron chi connectivity index (χ1n) is 7.99. The van der Waals surface area contributed by atoms with Crippen molar-refractivity contribution in [3.63, 3.8) is 0 Å². The van der Waals surface area contributed by atoms with Crippen molar-refractivity contribution in [2.45, 2.75) is 13.3 Å². The van der Waals surface area contributed by atoms with Gasteiger partial charge >= 0.3 is 11.9 Å². The second kappa shape index (κ2) is 9.88. The van der Waals surface area contributed by atoms with Gasteiger partial charge in [0.2, 0.25) is 0 Å². The second-order valence-corrected chi connectivity index (χ2v) is 6.77. The summed E-state index contributed by atoms with van der Waals surface area (Å²) >= 11 is 6.60. The second-order valence-electron chi connectivity index (χ2n) is 5.22. The van der Waals surface area contributed by atoms with Crippen molar-refractivity contribution >= 4 is 45.6 Å². The standard InChI is InChI=1S/C18H20N2O4S2/c1-3-24-15(21)11-19-18(25)20-16-14(17(22)23-2)10-13(26-16)9-12-7-5-4-6-8-12/h4-8,10H,3,9,11H2,1-2H3,(H2,19,20,25). The Morgan fingerprint density at radius 1 is 1.23 bits per heavy atom. The lowest BCUT2D eigenvalue weighted by atomic mass is 10.1. The number of hydrogen-bond donors (Lipinski definition) is 2. The molecule has 0 aliphatic rings. The number of hydrogen-bond acceptors (Lipinski definition) is 6. The summed E-state index contributed by atoms with van der Waals surface area (Å²) in [4.78, 5) is 24.4. The predicted octanol–water partition coefficient (Wildman–Crippen LogP) is 2.98. The van der Waals surface area contributed by atoms with E-state index in [1.807, 2.05) is 30.3 Å². The maximum atomic E-state index is 12.0. The molecular formula is C18H20N2O4S2. The average Bonchev–Trinajstić information content (AvgIpc) is 3.02. The molecule has 0 saturated carbocycles. The van der Waals surface area contributed by atoms with Crippen molar-refractivity contribution in [3.8, 4) is 0 Å². The highest BCUT2D eigenvalue weighted by Crippen LogP contribution is 2.30. The van der Waals surface area contributed by atoms with Crippen LogP contribution in [0, 0.1) is 0 Å². The third kappa shape index (κ3) is 5.82. The number of thiophene rings is 1. The number of carbonyl (C=O) groups is 2. The molecule has 0 atom stereocenters. The molecule has 138 valence electrons. The minimum absolute atomic E-state index is 0.0462. The van der Waals surface area contributed by atoms with Gasteiger partial charge in [0.15, 0.2) is 5.11 Å². The van der Waals surface area contributed by atoms with E-state index < -0.39 is 11.9 Å². The number of carbonyl (C=O) groups excluding carboxylic acids is 2. The molecule has 0 fully saturated rings. The Morgan fingerprint density at radius 3 is 2.62 bits per heavy atom. The Labute approximate surface area is 161 Å². The van der Waals surface area contributed by atoms with E-state index in [1.54, 1.807) is 13.0 Å². The van der Waals surface area contributed by atoms with Crippen LogP contribution in [0.25, 0.3) is 0 Å². The Balaban J connectivity index is 2.09. The van der Waals surface area contributed by atoms with Crippen molar-refractivity contribution in [1.29, 1.82) is 0 Å². The number of ether oxygens (including phenoxy) is 2. The van der Waals surface area contributed by atoms with E-state index in [4.69, 9.17) is 21.7 Å².